The van der Waals surface area contributed by atoms with Crippen LogP contribution in [0.5, 0.6) is 5.75 Å². The molecule has 0 spiro atoms. The molecule has 10 heteroatoms. The van der Waals surface area contributed by atoms with Gasteiger partial charge in [0.1, 0.15) is 10.8 Å². The molecule has 3 N–H and O–H groups in total. The van der Waals surface area contributed by atoms with Gasteiger partial charge in [-0.15, -0.1) is 0 Å². The number of benzene rings is 1. The summed E-state index contributed by atoms with van der Waals surface area (Å²) < 4.78 is 13.2. The zero-order valence-corrected chi connectivity index (χ0v) is 20.1. The van der Waals surface area contributed by atoms with Crippen molar-refractivity contribution < 1.29 is 9.47 Å². The largest absolute Gasteiger partial charge is 0.493 e. The van der Waals surface area contributed by atoms with E-state index in [4.69, 9.17) is 21.1 Å². The molecule has 0 amide bonds. The predicted octanol–water partition coefficient (Wildman–Crippen LogP) is 4.62. The monoisotopic (exact) mass is 482 g/mol. The number of aryl methyl sites for hydroxylation is 1. The molecule has 0 saturated carbocycles. The van der Waals surface area contributed by atoms with Crippen molar-refractivity contribution in [1.82, 2.24) is 14.5 Å². The highest BCUT2D eigenvalue weighted by atomic mass is 35.5. The van der Waals surface area contributed by atoms with Gasteiger partial charge in [0.2, 0.25) is 11.7 Å². The first kappa shape index (κ1) is 22.3. The molecule has 9 nitrogen and oxygen atoms in total. The van der Waals surface area contributed by atoms with E-state index in [1.54, 1.807) is 24.0 Å². The number of rotatable bonds is 4. The molecule has 34 heavy (non-hydrogen) atoms. The highest BCUT2D eigenvalue weighted by Gasteiger charge is 2.24. The topological polar surface area (TPSA) is 102 Å². The van der Waals surface area contributed by atoms with Crippen molar-refractivity contribution in [2.45, 2.75) is 32.8 Å². The summed E-state index contributed by atoms with van der Waals surface area (Å²) in [5, 5.41) is 11.0. The van der Waals surface area contributed by atoms with Crippen molar-refractivity contribution in [2.75, 3.05) is 29.1 Å². The number of hydrogen-bond donors (Lipinski definition) is 3. The van der Waals surface area contributed by atoms with E-state index in [0.717, 1.165) is 41.7 Å². The van der Waals surface area contributed by atoms with E-state index in [2.05, 4.69) is 39.8 Å². The molecular weight excluding hydrogens is 456 g/mol. The van der Waals surface area contributed by atoms with Crippen LogP contribution < -0.4 is 26.2 Å². The number of pyridine rings is 1. The molecule has 0 bridgehead atoms. The summed E-state index contributed by atoms with van der Waals surface area (Å²) in [7, 11) is 1.75. The van der Waals surface area contributed by atoms with Gasteiger partial charge >= 0.3 is 0 Å². The standard InChI is InChI=1S/C24H27ClN6O3/c1-13-9-16(34-14(13)2)11-27-24-28-12-18(25)22(30-24)29-15-5-6-19-17(10-15)20-21(23(32)31(19)3)33-8-4-7-26-20/h5-6,10-14,26H,4,7-9H2,1-3H3,(H2,27,28,29,30)/b16-11+. The highest BCUT2D eigenvalue weighted by Crippen LogP contribution is 2.34. The number of ether oxygens (including phenoxy) is 2. The average molecular weight is 483 g/mol. The van der Waals surface area contributed by atoms with Gasteiger partial charge in [0, 0.05) is 37.3 Å². The fourth-order valence-electron chi connectivity index (χ4n) is 4.15. The summed E-state index contributed by atoms with van der Waals surface area (Å²) in [6.07, 6.45) is 5.23. The molecule has 2 atom stereocenters. The van der Waals surface area contributed by atoms with Gasteiger partial charge in [-0.1, -0.05) is 18.5 Å². The van der Waals surface area contributed by atoms with Crippen LogP contribution in [0.2, 0.25) is 5.02 Å². The van der Waals surface area contributed by atoms with Crippen LogP contribution in [-0.4, -0.2) is 33.8 Å². The molecule has 178 valence electrons. The Morgan fingerprint density at radius 2 is 2.18 bits per heavy atom. The van der Waals surface area contributed by atoms with Crippen LogP contribution in [0.1, 0.15) is 26.7 Å². The average Bonchev–Trinajstić information content (AvgIpc) is 3.01. The molecule has 0 radical (unpaired) electrons. The lowest BCUT2D eigenvalue weighted by atomic mass is 10.1. The van der Waals surface area contributed by atoms with E-state index in [9.17, 15) is 4.79 Å². The second-order valence-corrected chi connectivity index (χ2v) is 9.11. The van der Waals surface area contributed by atoms with Crippen molar-refractivity contribution in [3.63, 3.8) is 0 Å². The second-order valence-electron chi connectivity index (χ2n) is 8.70. The SMILES string of the molecule is CC1C/C(=C\Nc2ncc(Cl)c(Nc3ccc4c(c3)c3c(c(=O)n4C)OCCCN3)n2)OC1C. The molecular formula is C24H27ClN6O3. The number of allylic oxidation sites excluding steroid dienone is 1. The van der Waals surface area contributed by atoms with Crippen molar-refractivity contribution in [3.8, 4) is 5.75 Å². The predicted molar refractivity (Wildman–Crippen MR) is 134 cm³/mol. The Kier molecular flexibility index (Phi) is 5.95. The maximum atomic E-state index is 12.8. The molecule has 2 aliphatic heterocycles. The maximum absolute atomic E-state index is 12.8. The minimum absolute atomic E-state index is 0.156. The minimum Gasteiger partial charge on any atom is -0.493 e. The van der Waals surface area contributed by atoms with E-state index in [-0.39, 0.29) is 11.7 Å². The third kappa shape index (κ3) is 4.23. The van der Waals surface area contributed by atoms with E-state index in [1.165, 1.54) is 0 Å². The van der Waals surface area contributed by atoms with Gasteiger partial charge in [0.15, 0.2) is 5.82 Å². The lowest BCUT2D eigenvalue weighted by Gasteiger charge is -2.16. The Balaban J connectivity index is 1.44. The van der Waals surface area contributed by atoms with Crippen LogP contribution in [0, 0.1) is 5.92 Å². The lowest BCUT2D eigenvalue weighted by molar-refractivity contribution is 0.153. The summed E-state index contributed by atoms with van der Waals surface area (Å²) in [4.78, 5) is 21.5. The van der Waals surface area contributed by atoms with Crippen LogP contribution in [0.15, 0.2) is 41.1 Å². The molecule has 2 unspecified atom stereocenters. The molecule has 5 rings (SSSR count). The van der Waals surface area contributed by atoms with Crippen molar-refractivity contribution >= 4 is 45.6 Å². The molecule has 2 aromatic heterocycles. The van der Waals surface area contributed by atoms with Gasteiger partial charge in [0.25, 0.3) is 5.56 Å². The van der Waals surface area contributed by atoms with E-state index >= 15 is 0 Å². The summed E-state index contributed by atoms with van der Waals surface area (Å²) in [5.74, 6) is 2.57. The third-order valence-corrected chi connectivity index (χ3v) is 6.53. The van der Waals surface area contributed by atoms with Gasteiger partial charge in [-0.3, -0.25) is 4.79 Å². The number of nitrogens with zero attached hydrogens (tertiary/aromatic N) is 3. The van der Waals surface area contributed by atoms with Crippen molar-refractivity contribution in [1.29, 1.82) is 0 Å². The Bertz CT molecular complexity index is 1330. The number of aromatic nitrogens is 3. The first-order valence-corrected chi connectivity index (χ1v) is 11.7. The van der Waals surface area contributed by atoms with Gasteiger partial charge in [-0.25, -0.2) is 4.98 Å². The molecule has 3 aromatic rings. The quantitative estimate of drug-likeness (QED) is 0.495. The molecule has 1 fully saturated rings. The zero-order valence-electron chi connectivity index (χ0n) is 19.3. The number of halogens is 1. The number of anilines is 4. The molecule has 1 aromatic carbocycles. The summed E-state index contributed by atoms with van der Waals surface area (Å²) in [5.41, 5.74) is 2.12. The Morgan fingerprint density at radius 1 is 1.32 bits per heavy atom. The van der Waals surface area contributed by atoms with Crippen molar-refractivity contribution in [2.24, 2.45) is 13.0 Å². The Labute approximate surface area is 202 Å². The van der Waals surface area contributed by atoms with Gasteiger partial charge in [0.05, 0.1) is 30.1 Å². The van der Waals surface area contributed by atoms with Gasteiger partial charge < -0.3 is 30.0 Å². The van der Waals surface area contributed by atoms with Gasteiger partial charge in [-0.05, 0) is 37.5 Å². The molecule has 0 aliphatic carbocycles. The molecule has 2 aliphatic rings. The number of hydrogen-bond acceptors (Lipinski definition) is 8. The van der Waals surface area contributed by atoms with Crippen molar-refractivity contribution in [3.05, 3.63) is 51.7 Å². The lowest BCUT2D eigenvalue weighted by Crippen LogP contribution is -2.20. The first-order chi connectivity index (χ1) is 16.4. The maximum Gasteiger partial charge on any atom is 0.295 e. The van der Waals surface area contributed by atoms with Crippen LogP contribution in [0.3, 0.4) is 0 Å². The molecule has 1 saturated heterocycles. The fraction of sp³-hybridized carbons (Fsp3) is 0.375. The Hall–Kier alpha value is -3.46. The van der Waals surface area contributed by atoms with E-state index in [1.807, 2.05) is 18.2 Å². The van der Waals surface area contributed by atoms with E-state index < -0.39 is 0 Å². The minimum atomic E-state index is -0.156. The second kappa shape index (κ2) is 9.06. The highest BCUT2D eigenvalue weighted by molar-refractivity contribution is 6.32. The van der Waals surface area contributed by atoms with E-state index in [0.29, 0.717) is 40.8 Å². The van der Waals surface area contributed by atoms with Crippen LogP contribution in [0.4, 0.5) is 23.1 Å². The fourth-order valence-corrected chi connectivity index (χ4v) is 4.29. The summed E-state index contributed by atoms with van der Waals surface area (Å²) >= 11 is 6.38. The first-order valence-electron chi connectivity index (χ1n) is 11.4. The zero-order chi connectivity index (χ0) is 23.8. The number of nitrogens with one attached hydrogen (secondary N) is 3. The molecule has 4 heterocycles. The van der Waals surface area contributed by atoms with Crippen LogP contribution >= 0.6 is 11.6 Å². The van der Waals surface area contributed by atoms with Crippen LogP contribution in [-0.2, 0) is 11.8 Å². The number of fused-ring (bicyclic) bond motifs is 3. The normalized spacial score (nSPS) is 20.8. The van der Waals surface area contributed by atoms with Crippen LogP contribution in [0.25, 0.3) is 10.9 Å². The third-order valence-electron chi connectivity index (χ3n) is 6.25. The summed E-state index contributed by atoms with van der Waals surface area (Å²) in [6.45, 7) is 5.46. The smallest absolute Gasteiger partial charge is 0.295 e. The summed E-state index contributed by atoms with van der Waals surface area (Å²) in [6, 6.07) is 5.73. The van der Waals surface area contributed by atoms with Gasteiger partial charge in [-0.2, -0.15) is 4.98 Å². The Morgan fingerprint density at radius 3 is 2.97 bits per heavy atom.